The van der Waals surface area contributed by atoms with Crippen molar-refractivity contribution in [2.45, 2.75) is 13.8 Å². The Morgan fingerprint density at radius 2 is 2.26 bits per heavy atom. The van der Waals surface area contributed by atoms with E-state index in [-0.39, 0.29) is 6.61 Å². The molecular formula is C12H13NO3PS2+. The fourth-order valence-electron chi connectivity index (χ4n) is 2.01. The monoisotopic (exact) mass is 314 g/mol. The van der Waals surface area contributed by atoms with Crippen LogP contribution in [0, 0.1) is 6.92 Å². The van der Waals surface area contributed by atoms with Gasteiger partial charge in [-0.2, -0.15) is 0 Å². The van der Waals surface area contributed by atoms with E-state index in [1.54, 1.807) is 23.6 Å². The number of thiazole rings is 2. The van der Waals surface area contributed by atoms with Gasteiger partial charge < -0.3 is 9.42 Å². The molecule has 0 spiro atoms. The first-order valence-corrected chi connectivity index (χ1v) is 9.10. The molecule has 0 fully saturated rings. The van der Waals surface area contributed by atoms with Crippen molar-refractivity contribution < 1.29 is 18.4 Å². The fraction of sp³-hybridized carbons (Fsp3) is 0.250. The normalized spacial score (nSPS) is 15.1. The van der Waals surface area contributed by atoms with Gasteiger partial charge in [-0.3, -0.25) is 0 Å². The van der Waals surface area contributed by atoms with Crippen LogP contribution in [-0.2, 0) is 9.09 Å². The molecule has 0 saturated heterocycles. The van der Waals surface area contributed by atoms with Crippen molar-refractivity contribution in [2.24, 2.45) is 0 Å². The van der Waals surface area contributed by atoms with Gasteiger partial charge in [-0.05, 0) is 25.5 Å². The van der Waals surface area contributed by atoms with Crippen molar-refractivity contribution in [1.29, 1.82) is 0 Å². The lowest BCUT2D eigenvalue weighted by molar-refractivity contribution is -0.453. The van der Waals surface area contributed by atoms with E-state index < -0.39 is 7.60 Å². The van der Waals surface area contributed by atoms with Crippen molar-refractivity contribution in [3.05, 3.63) is 29.1 Å². The highest BCUT2D eigenvalue weighted by atomic mass is 32.2. The van der Waals surface area contributed by atoms with Gasteiger partial charge in [0, 0.05) is 6.07 Å². The molecule has 0 aliphatic carbocycles. The van der Waals surface area contributed by atoms with Crippen molar-refractivity contribution in [3.63, 3.8) is 0 Å². The minimum atomic E-state index is -3.75. The summed E-state index contributed by atoms with van der Waals surface area (Å²) in [4.78, 5) is 10.0. The molecule has 1 aromatic carbocycles. The highest BCUT2D eigenvalue weighted by Gasteiger charge is 2.36. The summed E-state index contributed by atoms with van der Waals surface area (Å²) < 4.78 is 21.2. The van der Waals surface area contributed by atoms with Crippen LogP contribution in [0.25, 0.3) is 14.4 Å². The SMILES string of the molecule is CCOP(=O)(O)c1csc2sc3cc(C)ccc3[n+]12. The predicted molar refractivity (Wildman–Crippen MR) is 78.7 cm³/mol. The molecule has 0 radical (unpaired) electrons. The third-order valence-electron chi connectivity index (χ3n) is 2.82. The van der Waals surface area contributed by atoms with E-state index in [1.165, 1.54) is 16.9 Å². The lowest BCUT2D eigenvalue weighted by Gasteiger charge is -2.04. The summed E-state index contributed by atoms with van der Waals surface area (Å²) in [5.74, 6) is 0. The zero-order chi connectivity index (χ0) is 13.6. The number of aromatic nitrogens is 1. The lowest BCUT2D eigenvalue weighted by Crippen LogP contribution is -2.35. The molecule has 7 heteroatoms. The molecule has 1 atom stereocenters. The second-order valence-electron chi connectivity index (χ2n) is 4.21. The maximum absolute atomic E-state index is 12.2. The molecule has 3 rings (SSSR count). The molecule has 0 aliphatic rings. The first-order valence-electron chi connectivity index (χ1n) is 5.83. The molecule has 0 aliphatic heterocycles. The zero-order valence-corrected chi connectivity index (χ0v) is 13.0. The van der Waals surface area contributed by atoms with E-state index in [1.807, 2.05) is 23.5 Å². The first kappa shape index (κ1) is 13.2. The van der Waals surface area contributed by atoms with Crippen LogP contribution in [0.15, 0.2) is 23.6 Å². The van der Waals surface area contributed by atoms with Gasteiger partial charge in [-0.1, -0.05) is 28.7 Å². The first-order chi connectivity index (χ1) is 9.03. The van der Waals surface area contributed by atoms with E-state index in [4.69, 9.17) is 4.52 Å². The Kier molecular flexibility index (Phi) is 3.23. The fourth-order valence-corrected chi connectivity index (χ4v) is 5.98. The van der Waals surface area contributed by atoms with Gasteiger partial charge in [0.1, 0.15) is 4.70 Å². The van der Waals surface area contributed by atoms with E-state index >= 15 is 0 Å². The molecule has 0 amide bonds. The summed E-state index contributed by atoms with van der Waals surface area (Å²) in [6, 6.07) is 6.08. The third kappa shape index (κ3) is 2.14. The van der Waals surface area contributed by atoms with Gasteiger partial charge in [0.25, 0.3) is 0 Å². The van der Waals surface area contributed by atoms with Crippen molar-refractivity contribution >= 4 is 50.1 Å². The molecule has 0 bridgehead atoms. The third-order valence-corrected chi connectivity index (χ3v) is 6.68. The van der Waals surface area contributed by atoms with Gasteiger partial charge >= 0.3 is 17.2 Å². The van der Waals surface area contributed by atoms with Crippen LogP contribution in [0.2, 0.25) is 0 Å². The molecule has 19 heavy (non-hydrogen) atoms. The number of hydrogen-bond acceptors (Lipinski definition) is 4. The van der Waals surface area contributed by atoms with Crippen LogP contribution in [0.4, 0.5) is 0 Å². The van der Waals surface area contributed by atoms with Gasteiger partial charge in [0.15, 0.2) is 0 Å². The number of nitrogens with zero attached hydrogens (tertiary/aromatic N) is 1. The summed E-state index contributed by atoms with van der Waals surface area (Å²) in [6.45, 7) is 3.97. The summed E-state index contributed by atoms with van der Waals surface area (Å²) in [5, 5.41) is 1.71. The number of benzene rings is 1. The molecule has 100 valence electrons. The van der Waals surface area contributed by atoms with E-state index in [2.05, 4.69) is 6.07 Å². The van der Waals surface area contributed by atoms with E-state index in [0.717, 1.165) is 14.4 Å². The van der Waals surface area contributed by atoms with Crippen LogP contribution in [0.1, 0.15) is 12.5 Å². The topological polar surface area (TPSA) is 50.6 Å². The lowest BCUT2D eigenvalue weighted by atomic mass is 10.2. The Morgan fingerprint density at radius 3 is 3.00 bits per heavy atom. The Labute approximate surface area is 118 Å². The molecule has 0 saturated carbocycles. The second-order valence-corrected chi connectivity index (χ2v) is 8.11. The highest BCUT2D eigenvalue weighted by molar-refractivity contribution is 7.61. The minimum absolute atomic E-state index is 0.215. The van der Waals surface area contributed by atoms with Gasteiger partial charge in [0.2, 0.25) is 5.52 Å². The van der Waals surface area contributed by atoms with Gasteiger partial charge in [0.05, 0.1) is 12.0 Å². The minimum Gasteiger partial charge on any atom is -0.317 e. The Bertz CT molecular complexity index is 808. The quantitative estimate of drug-likeness (QED) is 0.597. The van der Waals surface area contributed by atoms with Gasteiger partial charge in [-0.15, -0.1) is 4.40 Å². The molecule has 3 aromatic rings. The van der Waals surface area contributed by atoms with Crippen LogP contribution in [0.3, 0.4) is 0 Å². The van der Waals surface area contributed by atoms with Crippen LogP contribution < -0.4 is 9.84 Å². The molecule has 1 N–H and O–H groups in total. The van der Waals surface area contributed by atoms with Crippen molar-refractivity contribution in [2.75, 3.05) is 6.61 Å². The number of rotatable bonds is 3. The average Bonchev–Trinajstić information content (AvgIpc) is 2.86. The maximum Gasteiger partial charge on any atom is 0.423 e. The summed E-state index contributed by atoms with van der Waals surface area (Å²) in [7, 11) is -3.75. The second kappa shape index (κ2) is 4.65. The summed E-state index contributed by atoms with van der Waals surface area (Å²) >= 11 is 3.09. The molecule has 2 aromatic heterocycles. The largest absolute Gasteiger partial charge is 0.423 e. The van der Waals surface area contributed by atoms with E-state index in [0.29, 0.717) is 5.44 Å². The van der Waals surface area contributed by atoms with Crippen molar-refractivity contribution in [1.82, 2.24) is 0 Å². The Hall–Kier alpha value is -0.780. The van der Waals surface area contributed by atoms with Crippen LogP contribution in [0.5, 0.6) is 0 Å². The van der Waals surface area contributed by atoms with Crippen molar-refractivity contribution in [3.8, 4) is 0 Å². The van der Waals surface area contributed by atoms with E-state index in [9.17, 15) is 9.46 Å². The Morgan fingerprint density at radius 1 is 1.47 bits per heavy atom. The Balaban J connectivity index is 2.32. The summed E-state index contributed by atoms with van der Waals surface area (Å²) in [5.41, 5.74) is 2.49. The maximum atomic E-state index is 12.2. The average molecular weight is 314 g/mol. The zero-order valence-electron chi connectivity index (χ0n) is 10.5. The number of aryl methyl sites for hydroxylation is 1. The molecular weight excluding hydrogens is 301 g/mol. The number of fused-ring (bicyclic) bond motifs is 3. The predicted octanol–water partition coefficient (Wildman–Crippen LogP) is 2.86. The highest BCUT2D eigenvalue weighted by Crippen LogP contribution is 2.41. The van der Waals surface area contributed by atoms with Gasteiger partial charge in [-0.25, -0.2) is 4.57 Å². The molecule has 1 unspecified atom stereocenters. The number of hydrogen-bond donors (Lipinski definition) is 1. The van der Waals surface area contributed by atoms with Crippen LogP contribution in [-0.4, -0.2) is 11.5 Å². The molecule has 2 heterocycles. The smallest absolute Gasteiger partial charge is 0.317 e. The standard InChI is InChI=1S/C12H12NO3PS2/c1-3-16-17(14,15)11-7-18-12-13(11)9-5-4-8(2)6-10(9)19-12/h4-7H,3H2,1-2H3/p+1. The molecule has 4 nitrogen and oxygen atoms in total. The van der Waals surface area contributed by atoms with Crippen LogP contribution >= 0.6 is 30.3 Å². The summed E-state index contributed by atoms with van der Waals surface area (Å²) in [6.07, 6.45) is 0.